The minimum atomic E-state index is -0.223. The molecule has 0 fully saturated rings. The first-order valence-electron chi connectivity index (χ1n) is 6.09. The molecule has 94 valence electrons. The molecule has 2 aromatic rings. The Bertz CT molecular complexity index is 552. The second kappa shape index (κ2) is 5.51. The minimum absolute atomic E-state index is 0.223. The van der Waals surface area contributed by atoms with Crippen LogP contribution in [-0.2, 0) is 6.42 Å². The Morgan fingerprint density at radius 2 is 2.11 bits per heavy atom. The highest BCUT2D eigenvalue weighted by Crippen LogP contribution is 2.25. The first-order chi connectivity index (χ1) is 8.63. The number of hydrogen-bond donors (Lipinski definition) is 1. The molecule has 0 aliphatic rings. The van der Waals surface area contributed by atoms with Gasteiger partial charge in [0.05, 0.1) is 11.7 Å². The molecule has 1 aromatic heterocycles. The van der Waals surface area contributed by atoms with Gasteiger partial charge in [0.15, 0.2) is 0 Å². The van der Waals surface area contributed by atoms with Gasteiger partial charge >= 0.3 is 0 Å². The number of halogens is 1. The van der Waals surface area contributed by atoms with Crippen molar-refractivity contribution in [2.75, 3.05) is 0 Å². The second-order valence-electron chi connectivity index (χ2n) is 4.39. The number of nitrogens with zero attached hydrogens (tertiary/aromatic N) is 1. The Hall–Kier alpha value is -1.38. The number of aromatic nitrogens is 1. The van der Waals surface area contributed by atoms with Gasteiger partial charge in [-0.25, -0.2) is 0 Å². The van der Waals surface area contributed by atoms with Gasteiger partial charge in [0, 0.05) is 11.2 Å². The van der Waals surface area contributed by atoms with Crippen molar-refractivity contribution in [3.63, 3.8) is 0 Å². The Morgan fingerprint density at radius 3 is 2.78 bits per heavy atom. The zero-order valence-corrected chi connectivity index (χ0v) is 11.4. The smallest absolute Gasteiger partial charge is 0.0729 e. The van der Waals surface area contributed by atoms with E-state index in [2.05, 4.69) is 18.0 Å². The molecule has 0 radical (unpaired) electrons. The highest BCUT2D eigenvalue weighted by atomic mass is 35.5. The average Bonchev–Trinajstić information content (AvgIpc) is 2.41. The van der Waals surface area contributed by atoms with Crippen molar-refractivity contribution in [2.24, 2.45) is 5.73 Å². The molecule has 0 saturated heterocycles. The van der Waals surface area contributed by atoms with Crippen molar-refractivity contribution in [1.82, 2.24) is 4.98 Å². The highest BCUT2D eigenvalue weighted by molar-refractivity contribution is 6.31. The summed E-state index contributed by atoms with van der Waals surface area (Å²) in [4.78, 5) is 4.41. The molecular formula is C15H17ClN2. The quantitative estimate of drug-likeness (QED) is 0.915. The van der Waals surface area contributed by atoms with Crippen LogP contribution in [0.1, 0.15) is 35.3 Å². The summed E-state index contributed by atoms with van der Waals surface area (Å²) in [6.07, 6.45) is 2.71. The topological polar surface area (TPSA) is 38.9 Å². The molecule has 0 bridgehead atoms. The largest absolute Gasteiger partial charge is 0.319 e. The molecule has 1 unspecified atom stereocenters. The maximum atomic E-state index is 6.29. The number of aryl methyl sites for hydroxylation is 2. The van der Waals surface area contributed by atoms with Crippen molar-refractivity contribution in [2.45, 2.75) is 26.3 Å². The monoisotopic (exact) mass is 260 g/mol. The molecule has 0 spiro atoms. The molecule has 0 aliphatic carbocycles. The van der Waals surface area contributed by atoms with Crippen LogP contribution in [-0.4, -0.2) is 4.98 Å². The Kier molecular flexibility index (Phi) is 4.00. The molecule has 0 saturated carbocycles. The molecule has 2 N–H and O–H groups in total. The first-order valence-corrected chi connectivity index (χ1v) is 6.46. The summed E-state index contributed by atoms with van der Waals surface area (Å²) in [6.45, 7) is 4.09. The van der Waals surface area contributed by atoms with Crippen LogP contribution >= 0.6 is 11.6 Å². The lowest BCUT2D eigenvalue weighted by molar-refractivity contribution is 0.805. The predicted molar refractivity (Wildman–Crippen MR) is 75.8 cm³/mol. The fourth-order valence-electron chi connectivity index (χ4n) is 1.99. The molecule has 18 heavy (non-hydrogen) atoms. The van der Waals surface area contributed by atoms with Gasteiger partial charge in [0.25, 0.3) is 0 Å². The number of benzene rings is 1. The van der Waals surface area contributed by atoms with E-state index in [1.165, 1.54) is 5.56 Å². The van der Waals surface area contributed by atoms with E-state index in [0.717, 1.165) is 28.3 Å². The normalized spacial score (nSPS) is 12.4. The SMILES string of the molecule is CCc1cccnc1C(N)c1ccc(C)c(Cl)c1. The number of nitrogens with two attached hydrogens (primary N) is 1. The summed E-state index contributed by atoms with van der Waals surface area (Å²) in [5, 5.41) is 0.747. The molecular weight excluding hydrogens is 244 g/mol. The first kappa shape index (κ1) is 13.1. The maximum Gasteiger partial charge on any atom is 0.0729 e. The molecule has 2 rings (SSSR count). The van der Waals surface area contributed by atoms with Gasteiger partial charge in [0.1, 0.15) is 0 Å². The van der Waals surface area contributed by atoms with Gasteiger partial charge in [-0.15, -0.1) is 0 Å². The van der Waals surface area contributed by atoms with Crippen molar-refractivity contribution in [3.05, 3.63) is 63.9 Å². The van der Waals surface area contributed by atoms with Gasteiger partial charge in [-0.3, -0.25) is 4.98 Å². The molecule has 0 aliphatic heterocycles. The van der Waals surface area contributed by atoms with Crippen LogP contribution in [0.25, 0.3) is 0 Å². The predicted octanol–water partition coefficient (Wildman–Crippen LogP) is 3.65. The lowest BCUT2D eigenvalue weighted by Crippen LogP contribution is -2.15. The molecule has 0 amide bonds. The molecule has 2 nitrogen and oxygen atoms in total. The van der Waals surface area contributed by atoms with Crippen LogP contribution < -0.4 is 5.73 Å². The number of pyridine rings is 1. The molecule has 1 heterocycles. The third-order valence-corrected chi connectivity index (χ3v) is 3.56. The van der Waals surface area contributed by atoms with Gasteiger partial charge in [0.2, 0.25) is 0 Å². The highest BCUT2D eigenvalue weighted by Gasteiger charge is 2.14. The number of hydrogen-bond acceptors (Lipinski definition) is 2. The Labute approximate surface area is 113 Å². The van der Waals surface area contributed by atoms with E-state index in [1.54, 1.807) is 6.20 Å². The van der Waals surface area contributed by atoms with E-state index in [9.17, 15) is 0 Å². The van der Waals surface area contributed by atoms with Crippen LogP contribution in [0.2, 0.25) is 5.02 Å². The van der Waals surface area contributed by atoms with E-state index in [1.807, 2.05) is 31.2 Å². The summed E-state index contributed by atoms with van der Waals surface area (Å²) >= 11 is 6.14. The summed E-state index contributed by atoms with van der Waals surface area (Å²) in [5.74, 6) is 0. The van der Waals surface area contributed by atoms with Crippen molar-refractivity contribution >= 4 is 11.6 Å². The fourth-order valence-corrected chi connectivity index (χ4v) is 2.18. The fraction of sp³-hybridized carbons (Fsp3) is 0.267. The summed E-state index contributed by atoms with van der Waals surface area (Å²) in [5.41, 5.74) is 10.5. The van der Waals surface area contributed by atoms with Gasteiger partial charge in [-0.1, -0.05) is 36.7 Å². The third-order valence-electron chi connectivity index (χ3n) is 3.16. The standard InChI is InChI=1S/C15H17ClN2/c1-3-11-5-4-8-18-15(11)14(17)12-7-6-10(2)13(16)9-12/h4-9,14H,3,17H2,1-2H3. The van der Waals surface area contributed by atoms with Gasteiger partial charge in [-0.2, -0.15) is 0 Å². The maximum absolute atomic E-state index is 6.29. The average molecular weight is 261 g/mol. The molecule has 1 atom stereocenters. The summed E-state index contributed by atoms with van der Waals surface area (Å²) in [6, 6.07) is 9.72. The van der Waals surface area contributed by atoms with Crippen LogP contribution in [0.3, 0.4) is 0 Å². The summed E-state index contributed by atoms with van der Waals surface area (Å²) in [7, 11) is 0. The van der Waals surface area contributed by atoms with Crippen LogP contribution in [0, 0.1) is 6.92 Å². The third kappa shape index (κ3) is 2.55. The zero-order chi connectivity index (χ0) is 13.1. The van der Waals surface area contributed by atoms with E-state index in [0.29, 0.717) is 0 Å². The van der Waals surface area contributed by atoms with E-state index in [4.69, 9.17) is 17.3 Å². The van der Waals surface area contributed by atoms with Gasteiger partial charge in [-0.05, 0) is 42.2 Å². The number of rotatable bonds is 3. The Balaban J connectivity index is 2.41. The minimum Gasteiger partial charge on any atom is -0.319 e. The van der Waals surface area contributed by atoms with Crippen molar-refractivity contribution in [1.29, 1.82) is 0 Å². The van der Waals surface area contributed by atoms with Crippen LogP contribution in [0.5, 0.6) is 0 Å². The lowest BCUT2D eigenvalue weighted by Gasteiger charge is -2.15. The van der Waals surface area contributed by atoms with Crippen molar-refractivity contribution in [3.8, 4) is 0 Å². The molecule has 3 heteroatoms. The lowest BCUT2D eigenvalue weighted by atomic mass is 9.98. The van der Waals surface area contributed by atoms with Crippen LogP contribution in [0.4, 0.5) is 0 Å². The molecule has 1 aromatic carbocycles. The second-order valence-corrected chi connectivity index (χ2v) is 4.79. The van der Waals surface area contributed by atoms with E-state index >= 15 is 0 Å². The van der Waals surface area contributed by atoms with Crippen molar-refractivity contribution < 1.29 is 0 Å². The van der Waals surface area contributed by atoms with E-state index < -0.39 is 0 Å². The zero-order valence-electron chi connectivity index (χ0n) is 10.7. The summed E-state index contributed by atoms with van der Waals surface area (Å²) < 4.78 is 0. The Morgan fingerprint density at radius 1 is 1.33 bits per heavy atom. The van der Waals surface area contributed by atoms with E-state index in [-0.39, 0.29) is 6.04 Å². The van der Waals surface area contributed by atoms with Gasteiger partial charge < -0.3 is 5.73 Å². The van der Waals surface area contributed by atoms with Crippen LogP contribution in [0.15, 0.2) is 36.5 Å².